The van der Waals surface area contributed by atoms with E-state index in [1.54, 1.807) is 0 Å². The van der Waals surface area contributed by atoms with E-state index in [0.717, 1.165) is 12.8 Å². The summed E-state index contributed by atoms with van der Waals surface area (Å²) in [7, 11) is -5.14. The molecule has 3 N–H and O–H groups in total. The molecule has 158 valence electrons. The first-order valence-corrected chi connectivity index (χ1v) is 10.9. The number of hydrogen-bond donors (Lipinski definition) is 3. The van der Waals surface area contributed by atoms with Crippen molar-refractivity contribution < 1.29 is 98.1 Å². The van der Waals surface area contributed by atoms with Crippen molar-refractivity contribution in [3.05, 3.63) is 0 Å². The first-order valence-electron chi connectivity index (χ1n) is 9.40. The molecular formula is C17H35Na2O8P. The molecule has 8 nitrogen and oxygen atoms in total. The molecule has 0 fully saturated rings. The monoisotopic (exact) mass is 444 g/mol. The predicted molar refractivity (Wildman–Crippen MR) is 95.0 cm³/mol. The Morgan fingerprint density at radius 2 is 1.29 bits per heavy atom. The molecule has 0 aliphatic rings. The van der Waals surface area contributed by atoms with Crippen LogP contribution >= 0.6 is 7.82 Å². The third-order valence-corrected chi connectivity index (χ3v) is 3.63. The Kier molecular flexibility index (Phi) is 34.9. The number of ether oxygens (including phenoxy) is 1. The van der Waals surface area contributed by atoms with E-state index < -0.39 is 13.9 Å². The van der Waals surface area contributed by atoms with E-state index in [1.807, 2.05) is 0 Å². The van der Waals surface area contributed by atoms with Crippen molar-refractivity contribution in [3.63, 3.8) is 0 Å². The van der Waals surface area contributed by atoms with Crippen LogP contribution in [0.3, 0.4) is 0 Å². The molecule has 0 spiro atoms. The summed E-state index contributed by atoms with van der Waals surface area (Å²) in [6.07, 6.45) is 13.2. The Morgan fingerprint density at radius 1 is 0.929 bits per heavy atom. The van der Waals surface area contributed by atoms with Crippen LogP contribution in [0.1, 0.15) is 84.0 Å². The van der Waals surface area contributed by atoms with Crippen LogP contribution in [0, 0.1) is 0 Å². The van der Waals surface area contributed by atoms with Gasteiger partial charge in [0.15, 0.2) is 0 Å². The molecule has 0 amide bonds. The van der Waals surface area contributed by atoms with E-state index in [-0.39, 0.29) is 78.3 Å². The first-order chi connectivity index (χ1) is 12.2. The second-order valence-corrected chi connectivity index (χ2v) is 7.21. The van der Waals surface area contributed by atoms with Gasteiger partial charge in [0, 0.05) is 6.42 Å². The predicted octanol–water partition coefficient (Wildman–Crippen LogP) is -4.60. The van der Waals surface area contributed by atoms with Gasteiger partial charge in [-0.05, 0) is 6.42 Å². The Hall–Kier alpha value is 1.50. The molecule has 0 aromatic heterocycles. The first kappa shape index (κ1) is 36.8. The van der Waals surface area contributed by atoms with E-state index in [4.69, 9.17) is 34.2 Å². The zero-order chi connectivity index (χ0) is 20.3. The van der Waals surface area contributed by atoms with Gasteiger partial charge in [0.05, 0.1) is 14.4 Å². The van der Waals surface area contributed by atoms with Gasteiger partial charge in [-0.1, -0.05) is 71.1 Å². The van der Waals surface area contributed by atoms with Crippen molar-refractivity contribution in [2.45, 2.75) is 90.1 Å². The van der Waals surface area contributed by atoms with Gasteiger partial charge >= 0.3 is 65.1 Å². The maximum atomic E-state index is 11.3. The Balaban J connectivity index is -0.000000364. The summed E-state index contributed by atoms with van der Waals surface area (Å²) < 4.78 is 13.5. The quantitative estimate of drug-likeness (QED) is 0.0989. The van der Waals surface area contributed by atoms with Gasteiger partial charge < -0.3 is 34.2 Å². The molecule has 0 saturated heterocycles. The summed E-state index contributed by atoms with van der Waals surface area (Å²) in [5.41, 5.74) is 0. The second-order valence-electron chi connectivity index (χ2n) is 6.27. The molecule has 0 heterocycles. The maximum absolute atomic E-state index is 11.3. The number of carbonyl (C=O) groups excluding carboxylic acids is 1. The largest absolute Gasteiger partial charge is 1.00 e. The summed E-state index contributed by atoms with van der Waals surface area (Å²) in [6, 6.07) is 0. The zero-order valence-electron chi connectivity index (χ0n) is 17.8. The number of phosphoric acid groups is 1. The van der Waals surface area contributed by atoms with Crippen molar-refractivity contribution in [3.8, 4) is 0 Å². The fourth-order valence-corrected chi connectivity index (χ4v) is 2.25. The van der Waals surface area contributed by atoms with Crippen LogP contribution in [-0.4, -0.2) is 40.4 Å². The number of aliphatic hydroxyl groups excluding tert-OH is 2. The minimum absolute atomic E-state index is 0. The molecular weight excluding hydrogens is 409 g/mol. The summed E-state index contributed by atoms with van der Waals surface area (Å²) in [4.78, 5) is 35.6. The van der Waals surface area contributed by atoms with E-state index in [0.29, 0.717) is 6.42 Å². The van der Waals surface area contributed by atoms with Crippen molar-refractivity contribution in [1.82, 2.24) is 0 Å². The van der Waals surface area contributed by atoms with Gasteiger partial charge in [-0.15, -0.1) is 0 Å². The smallest absolute Gasteiger partial charge is 0.790 e. The van der Waals surface area contributed by atoms with Crippen LogP contribution in [-0.2, 0) is 14.1 Å². The van der Waals surface area contributed by atoms with Gasteiger partial charge in [-0.3, -0.25) is 4.79 Å². The molecule has 11 heteroatoms. The van der Waals surface area contributed by atoms with E-state index in [2.05, 4.69) is 6.92 Å². The molecule has 0 saturated carbocycles. The molecule has 28 heavy (non-hydrogen) atoms. The average Bonchev–Trinajstić information content (AvgIpc) is 2.56. The molecule has 0 rings (SSSR count). The van der Waals surface area contributed by atoms with E-state index >= 15 is 0 Å². The molecule has 0 aromatic rings. The SMILES string of the molecule is CCCCCCCCCCCCCC(=O)OCC(O)CO.O=P([O-])([O-])O.[Na+].[Na+]. The number of esters is 1. The number of aliphatic hydroxyl groups is 2. The molecule has 0 aliphatic heterocycles. The molecule has 0 aromatic carbocycles. The van der Waals surface area contributed by atoms with Crippen molar-refractivity contribution >= 4 is 13.8 Å². The second kappa shape index (κ2) is 26.5. The number of carbonyl (C=O) groups is 1. The minimum atomic E-state index is -5.14. The Labute approximate surface area is 213 Å². The van der Waals surface area contributed by atoms with Crippen molar-refractivity contribution in [2.24, 2.45) is 0 Å². The number of hydrogen-bond acceptors (Lipinski definition) is 7. The van der Waals surface area contributed by atoms with Crippen LogP contribution in [0.2, 0.25) is 0 Å². The van der Waals surface area contributed by atoms with Gasteiger partial charge in [-0.25, -0.2) is 0 Å². The van der Waals surface area contributed by atoms with Gasteiger partial charge in [0.1, 0.15) is 12.7 Å². The van der Waals surface area contributed by atoms with Crippen LogP contribution < -0.4 is 68.9 Å². The average molecular weight is 444 g/mol. The van der Waals surface area contributed by atoms with Crippen molar-refractivity contribution in [1.29, 1.82) is 0 Å². The zero-order valence-corrected chi connectivity index (χ0v) is 22.7. The molecule has 0 bridgehead atoms. The molecule has 0 radical (unpaired) electrons. The summed E-state index contributed by atoms with van der Waals surface area (Å²) in [5.74, 6) is -0.279. The summed E-state index contributed by atoms with van der Waals surface area (Å²) in [5, 5.41) is 17.6. The normalized spacial score (nSPS) is 11.4. The summed E-state index contributed by atoms with van der Waals surface area (Å²) >= 11 is 0. The standard InChI is InChI=1S/C17H34O4.2Na.H3O4P/c1-2-3-4-5-6-7-8-9-10-11-12-13-17(20)21-15-16(19)14-18;;;1-5(2,3)4/h16,18-19H,2-15H2,1H3;;;(H3,1,2,3,4)/q;2*+1;/p-2. The maximum Gasteiger partial charge on any atom is 1.00 e. The number of rotatable bonds is 15. The Morgan fingerprint density at radius 3 is 1.64 bits per heavy atom. The molecule has 0 aliphatic carbocycles. The molecule has 1 unspecified atom stereocenters. The van der Waals surface area contributed by atoms with Crippen LogP contribution in [0.4, 0.5) is 0 Å². The molecule has 1 atom stereocenters. The van der Waals surface area contributed by atoms with Crippen LogP contribution in [0.5, 0.6) is 0 Å². The Bertz CT molecular complexity index is 361. The fraction of sp³-hybridized carbons (Fsp3) is 0.941. The van der Waals surface area contributed by atoms with E-state index in [1.165, 1.54) is 57.8 Å². The van der Waals surface area contributed by atoms with Gasteiger partial charge in [-0.2, -0.15) is 0 Å². The third-order valence-electron chi connectivity index (χ3n) is 3.63. The topological polar surface area (TPSA) is 150 Å². The van der Waals surface area contributed by atoms with Gasteiger partial charge in [0.25, 0.3) is 0 Å². The van der Waals surface area contributed by atoms with Gasteiger partial charge in [0.2, 0.25) is 0 Å². The van der Waals surface area contributed by atoms with E-state index in [9.17, 15) is 4.79 Å². The summed E-state index contributed by atoms with van der Waals surface area (Å²) in [6.45, 7) is 1.77. The number of unbranched alkanes of at least 4 members (excludes halogenated alkanes) is 10. The fourth-order valence-electron chi connectivity index (χ4n) is 2.25. The minimum Gasteiger partial charge on any atom is -0.790 e. The van der Waals surface area contributed by atoms with Crippen LogP contribution in [0.25, 0.3) is 0 Å². The van der Waals surface area contributed by atoms with Crippen LogP contribution in [0.15, 0.2) is 0 Å². The van der Waals surface area contributed by atoms with Crippen molar-refractivity contribution in [2.75, 3.05) is 13.2 Å². The third kappa shape index (κ3) is 41.8.